The molecule has 4 rings (SSSR count). The highest BCUT2D eigenvalue weighted by Gasteiger charge is 2.32. The first-order valence-electron chi connectivity index (χ1n) is 9.99. The van der Waals surface area contributed by atoms with Crippen molar-refractivity contribution < 1.29 is 30.8 Å². The van der Waals surface area contributed by atoms with Gasteiger partial charge in [0.2, 0.25) is 14.9 Å². The van der Waals surface area contributed by atoms with Crippen LogP contribution in [-0.4, -0.2) is 14.3 Å². The lowest BCUT2D eigenvalue weighted by molar-refractivity contribution is -0.137. The van der Waals surface area contributed by atoms with Gasteiger partial charge in [-0.3, -0.25) is 4.79 Å². The summed E-state index contributed by atoms with van der Waals surface area (Å²) in [6.07, 6.45) is -4.59. The summed E-state index contributed by atoms with van der Waals surface area (Å²) in [5.74, 6) is -1.07. The number of carbonyl (C=O) groups excluding carboxylic acids is 1. The molecule has 0 spiro atoms. The second kappa shape index (κ2) is 9.11. The molecular weight excluding hydrogens is 487 g/mol. The molecule has 0 saturated carbocycles. The molecule has 0 aliphatic heterocycles. The standard InChI is InChI=1S/C24H18F3NO4S2/c1-16-7-9-20(10-8-16)34(30,31)22-12-11-21(32-22)23(29)28(15-19-6-3-13-33-19)18-5-2-4-17(14-18)24(25,26)27/h2-14H,15H2,1H3. The van der Waals surface area contributed by atoms with Gasteiger partial charge in [-0.2, -0.15) is 13.2 Å². The number of hydrogen-bond acceptors (Lipinski definition) is 5. The first-order chi connectivity index (χ1) is 16.1. The highest BCUT2D eigenvalue weighted by molar-refractivity contribution is 7.91. The minimum absolute atomic E-state index is 0.000214. The first kappa shape index (κ1) is 23.8. The van der Waals surface area contributed by atoms with E-state index in [-0.39, 0.29) is 22.9 Å². The zero-order chi connectivity index (χ0) is 24.5. The molecule has 0 bridgehead atoms. The third-order valence-electron chi connectivity index (χ3n) is 5.01. The zero-order valence-corrected chi connectivity index (χ0v) is 19.4. The average molecular weight is 506 g/mol. The normalized spacial score (nSPS) is 12.0. The van der Waals surface area contributed by atoms with E-state index in [2.05, 4.69) is 0 Å². The second-order valence-corrected chi connectivity index (χ2v) is 10.4. The van der Waals surface area contributed by atoms with Crippen molar-refractivity contribution in [1.82, 2.24) is 0 Å². The Balaban J connectivity index is 1.70. The lowest BCUT2D eigenvalue weighted by Gasteiger charge is -2.22. The molecule has 2 aromatic heterocycles. The number of rotatable bonds is 6. The van der Waals surface area contributed by atoms with Crippen LogP contribution < -0.4 is 4.90 Å². The van der Waals surface area contributed by atoms with Crippen molar-refractivity contribution in [3.05, 3.63) is 99.9 Å². The lowest BCUT2D eigenvalue weighted by atomic mass is 10.1. The lowest BCUT2D eigenvalue weighted by Crippen LogP contribution is -2.30. The quantitative estimate of drug-likeness (QED) is 0.306. The Bertz CT molecular complexity index is 1410. The van der Waals surface area contributed by atoms with Gasteiger partial charge in [0.25, 0.3) is 5.91 Å². The molecule has 5 nitrogen and oxygen atoms in total. The maximum Gasteiger partial charge on any atom is 0.416 e. The highest BCUT2D eigenvalue weighted by atomic mass is 32.2. The van der Waals surface area contributed by atoms with E-state index in [0.29, 0.717) is 0 Å². The van der Waals surface area contributed by atoms with E-state index in [1.807, 2.05) is 6.92 Å². The summed E-state index contributed by atoms with van der Waals surface area (Å²) < 4.78 is 71.0. The van der Waals surface area contributed by atoms with Crippen LogP contribution in [0.3, 0.4) is 0 Å². The Morgan fingerprint density at radius 1 is 1.00 bits per heavy atom. The van der Waals surface area contributed by atoms with Crippen molar-refractivity contribution in [2.75, 3.05) is 4.90 Å². The van der Waals surface area contributed by atoms with Crippen LogP contribution in [0.25, 0.3) is 0 Å². The average Bonchev–Trinajstić information content (AvgIpc) is 3.49. The molecule has 0 aliphatic carbocycles. The van der Waals surface area contributed by atoms with E-state index in [9.17, 15) is 26.4 Å². The van der Waals surface area contributed by atoms with Crippen LogP contribution in [0, 0.1) is 6.92 Å². The molecule has 176 valence electrons. The second-order valence-electron chi connectivity index (χ2n) is 7.45. The summed E-state index contributed by atoms with van der Waals surface area (Å²) in [5.41, 5.74) is -0.0248. The van der Waals surface area contributed by atoms with Crippen molar-refractivity contribution in [2.24, 2.45) is 0 Å². The number of carbonyl (C=O) groups is 1. The van der Waals surface area contributed by atoms with E-state index < -0.39 is 32.6 Å². The van der Waals surface area contributed by atoms with Crippen LogP contribution in [-0.2, 0) is 22.6 Å². The predicted octanol–water partition coefficient (Wildman–Crippen LogP) is 6.35. The number of nitrogens with zero attached hydrogens (tertiary/aromatic N) is 1. The molecule has 10 heteroatoms. The van der Waals surface area contributed by atoms with Crippen molar-refractivity contribution in [3.63, 3.8) is 0 Å². The Kier molecular flexibility index (Phi) is 6.37. The van der Waals surface area contributed by atoms with Gasteiger partial charge in [0.1, 0.15) is 0 Å². The van der Waals surface area contributed by atoms with E-state index in [1.165, 1.54) is 41.7 Å². The van der Waals surface area contributed by atoms with Gasteiger partial charge in [0, 0.05) is 10.6 Å². The fourth-order valence-electron chi connectivity index (χ4n) is 3.23. The van der Waals surface area contributed by atoms with Crippen LogP contribution >= 0.6 is 11.3 Å². The maximum absolute atomic E-state index is 13.3. The fraction of sp³-hybridized carbons (Fsp3) is 0.125. The summed E-state index contributed by atoms with van der Waals surface area (Å²) in [7, 11) is -4.02. The van der Waals surface area contributed by atoms with Gasteiger partial charge in [-0.25, -0.2) is 8.42 Å². The summed E-state index contributed by atoms with van der Waals surface area (Å²) in [6.45, 7) is 1.80. The number of sulfone groups is 1. The van der Waals surface area contributed by atoms with E-state index in [0.717, 1.165) is 33.5 Å². The molecule has 1 amide bonds. The number of alkyl halides is 3. The van der Waals surface area contributed by atoms with Crippen LogP contribution in [0.2, 0.25) is 0 Å². The minimum Gasteiger partial charge on any atom is -0.439 e. The zero-order valence-electron chi connectivity index (χ0n) is 17.7. The van der Waals surface area contributed by atoms with Gasteiger partial charge in [0.05, 0.1) is 17.0 Å². The number of anilines is 1. The van der Waals surface area contributed by atoms with Crippen molar-refractivity contribution in [2.45, 2.75) is 29.6 Å². The van der Waals surface area contributed by atoms with Crippen molar-refractivity contribution >= 4 is 32.8 Å². The van der Waals surface area contributed by atoms with E-state index >= 15 is 0 Å². The van der Waals surface area contributed by atoms with E-state index in [4.69, 9.17) is 4.42 Å². The van der Waals surface area contributed by atoms with Crippen LogP contribution in [0.15, 0.2) is 92.6 Å². The number of hydrogen-bond donors (Lipinski definition) is 0. The molecule has 0 N–H and O–H groups in total. The molecule has 0 aliphatic rings. The fourth-order valence-corrected chi connectivity index (χ4v) is 5.10. The Labute approximate surface area is 198 Å². The Morgan fingerprint density at radius 3 is 2.38 bits per heavy atom. The maximum atomic E-state index is 13.3. The molecular formula is C24H18F3NO4S2. The molecule has 0 atom stereocenters. The molecule has 4 aromatic rings. The summed E-state index contributed by atoms with van der Waals surface area (Å²) >= 11 is 1.33. The molecule has 0 radical (unpaired) electrons. The van der Waals surface area contributed by atoms with Gasteiger partial charge in [-0.1, -0.05) is 29.8 Å². The number of furan rings is 1. The summed E-state index contributed by atoms with van der Waals surface area (Å²) in [4.78, 5) is 15.2. The number of halogens is 3. The number of amides is 1. The minimum atomic E-state index is -4.59. The third kappa shape index (κ3) is 4.92. The van der Waals surface area contributed by atoms with Gasteiger partial charge < -0.3 is 9.32 Å². The van der Waals surface area contributed by atoms with Crippen molar-refractivity contribution in [1.29, 1.82) is 0 Å². The van der Waals surface area contributed by atoms with Crippen LogP contribution in [0.1, 0.15) is 26.6 Å². The molecule has 0 fully saturated rings. The van der Waals surface area contributed by atoms with Crippen LogP contribution in [0.4, 0.5) is 18.9 Å². The SMILES string of the molecule is Cc1ccc(S(=O)(=O)c2ccc(C(=O)N(Cc3cccs3)c3cccc(C(F)(F)F)c3)o2)cc1. The van der Waals surface area contributed by atoms with Gasteiger partial charge in [0.15, 0.2) is 5.76 Å². The largest absolute Gasteiger partial charge is 0.439 e. The molecule has 0 saturated heterocycles. The number of aryl methyl sites for hydroxylation is 1. The molecule has 2 heterocycles. The molecule has 2 aromatic carbocycles. The predicted molar refractivity (Wildman–Crippen MR) is 122 cm³/mol. The number of thiophene rings is 1. The van der Waals surface area contributed by atoms with Gasteiger partial charge in [-0.15, -0.1) is 11.3 Å². The molecule has 34 heavy (non-hydrogen) atoms. The van der Waals surface area contributed by atoms with Crippen molar-refractivity contribution in [3.8, 4) is 0 Å². The first-order valence-corrected chi connectivity index (χ1v) is 12.3. The Morgan fingerprint density at radius 2 is 1.74 bits per heavy atom. The van der Waals surface area contributed by atoms with Crippen LogP contribution in [0.5, 0.6) is 0 Å². The molecule has 0 unspecified atom stereocenters. The van der Waals surface area contributed by atoms with E-state index in [1.54, 1.807) is 29.6 Å². The van der Waals surface area contributed by atoms with Gasteiger partial charge in [-0.05, 0) is 60.8 Å². The summed E-state index contributed by atoms with van der Waals surface area (Å²) in [5, 5.41) is 1.35. The number of benzene rings is 2. The summed E-state index contributed by atoms with van der Waals surface area (Å²) in [6, 6.07) is 16.4. The van der Waals surface area contributed by atoms with Gasteiger partial charge >= 0.3 is 6.18 Å². The smallest absolute Gasteiger partial charge is 0.416 e. The topological polar surface area (TPSA) is 67.6 Å². The Hall–Kier alpha value is -3.37. The monoisotopic (exact) mass is 505 g/mol. The third-order valence-corrected chi connectivity index (χ3v) is 7.52. The highest BCUT2D eigenvalue weighted by Crippen LogP contribution is 2.33.